The Kier molecular flexibility index (Phi) is 5.10. The summed E-state index contributed by atoms with van der Waals surface area (Å²) in [5.41, 5.74) is 0.165. The van der Waals surface area contributed by atoms with Gasteiger partial charge in [0.25, 0.3) is 0 Å². The van der Waals surface area contributed by atoms with Crippen molar-refractivity contribution in [3.8, 4) is 0 Å². The highest BCUT2D eigenvalue weighted by atomic mass is 16.4. The first-order valence-electron chi connectivity index (χ1n) is 5.73. The predicted molar refractivity (Wildman–Crippen MR) is 67.8 cm³/mol. The summed E-state index contributed by atoms with van der Waals surface area (Å²) in [4.78, 5) is 28.1. The van der Waals surface area contributed by atoms with Gasteiger partial charge in [0, 0.05) is 19.8 Å². The molecule has 0 aliphatic carbocycles. The van der Waals surface area contributed by atoms with Crippen molar-refractivity contribution in [1.82, 2.24) is 10.3 Å². The van der Waals surface area contributed by atoms with Crippen molar-refractivity contribution >= 4 is 17.7 Å². The first kappa shape index (κ1) is 14.0. The fourth-order valence-electron chi connectivity index (χ4n) is 1.52. The van der Waals surface area contributed by atoms with Gasteiger partial charge >= 0.3 is 5.97 Å². The van der Waals surface area contributed by atoms with E-state index in [0.717, 1.165) is 6.42 Å². The number of carbonyl (C=O) groups excluding carboxylic acids is 1. The van der Waals surface area contributed by atoms with Gasteiger partial charge in [-0.05, 0) is 18.6 Å². The zero-order chi connectivity index (χ0) is 13.5. The third kappa shape index (κ3) is 3.73. The summed E-state index contributed by atoms with van der Waals surface area (Å²) in [7, 11) is 1.56. The van der Waals surface area contributed by atoms with E-state index in [1.807, 2.05) is 6.92 Å². The molecule has 18 heavy (non-hydrogen) atoms. The van der Waals surface area contributed by atoms with Crippen LogP contribution in [0.4, 0.5) is 5.82 Å². The highest BCUT2D eigenvalue weighted by molar-refractivity contribution is 5.88. The average molecular weight is 251 g/mol. The topological polar surface area (TPSA) is 82.5 Å². The van der Waals surface area contributed by atoms with Crippen molar-refractivity contribution in [2.24, 2.45) is 0 Å². The highest BCUT2D eigenvalue weighted by Gasteiger charge is 2.13. The largest absolute Gasteiger partial charge is 0.478 e. The van der Waals surface area contributed by atoms with Gasteiger partial charge in [-0.1, -0.05) is 6.92 Å². The lowest BCUT2D eigenvalue weighted by molar-refractivity contribution is -0.119. The van der Waals surface area contributed by atoms with Crippen LogP contribution in [-0.4, -0.2) is 42.1 Å². The normalized spacial score (nSPS) is 9.89. The van der Waals surface area contributed by atoms with Gasteiger partial charge < -0.3 is 15.3 Å². The first-order valence-corrected chi connectivity index (χ1v) is 5.73. The Morgan fingerprint density at radius 1 is 1.50 bits per heavy atom. The summed E-state index contributed by atoms with van der Waals surface area (Å²) in [5.74, 6) is -0.638. The molecular weight excluding hydrogens is 234 g/mol. The molecule has 0 spiro atoms. The molecule has 0 atom stereocenters. The second-order valence-electron chi connectivity index (χ2n) is 3.80. The summed E-state index contributed by atoms with van der Waals surface area (Å²) in [6.45, 7) is 2.79. The number of rotatable bonds is 6. The third-order valence-electron chi connectivity index (χ3n) is 2.42. The number of carboxylic acids is 1. The van der Waals surface area contributed by atoms with Crippen LogP contribution in [0.25, 0.3) is 0 Å². The van der Waals surface area contributed by atoms with Crippen LogP contribution in [0, 0.1) is 0 Å². The third-order valence-corrected chi connectivity index (χ3v) is 2.42. The SMILES string of the molecule is CCCN(CC(=O)NC)c1cc(C(=O)O)ccn1. The molecule has 1 amide bonds. The Bertz CT molecular complexity index is 434. The fourth-order valence-corrected chi connectivity index (χ4v) is 1.52. The molecule has 0 saturated heterocycles. The van der Waals surface area contributed by atoms with E-state index in [-0.39, 0.29) is 18.0 Å². The standard InChI is InChI=1S/C12H17N3O3/c1-3-6-15(8-11(16)13-2)10-7-9(12(17)18)4-5-14-10/h4-5,7H,3,6,8H2,1-2H3,(H,13,16)(H,17,18). The van der Waals surface area contributed by atoms with Crippen molar-refractivity contribution in [1.29, 1.82) is 0 Å². The molecular formula is C12H17N3O3. The maximum atomic E-state index is 11.4. The van der Waals surface area contributed by atoms with Crippen LogP contribution in [-0.2, 0) is 4.79 Å². The van der Waals surface area contributed by atoms with E-state index >= 15 is 0 Å². The number of likely N-dealkylation sites (N-methyl/N-ethyl adjacent to an activating group) is 1. The van der Waals surface area contributed by atoms with Gasteiger partial charge in [-0.15, -0.1) is 0 Å². The number of aromatic carboxylic acids is 1. The van der Waals surface area contributed by atoms with Gasteiger partial charge in [0.15, 0.2) is 0 Å². The molecule has 0 radical (unpaired) electrons. The number of carbonyl (C=O) groups is 2. The minimum atomic E-state index is -1.00. The van der Waals surface area contributed by atoms with Crippen LogP contribution in [0.5, 0.6) is 0 Å². The van der Waals surface area contributed by atoms with Gasteiger partial charge in [0.2, 0.25) is 5.91 Å². The van der Waals surface area contributed by atoms with Gasteiger partial charge in [-0.3, -0.25) is 4.79 Å². The van der Waals surface area contributed by atoms with Crippen molar-refractivity contribution in [3.05, 3.63) is 23.9 Å². The van der Waals surface area contributed by atoms with Crippen LogP contribution in [0.15, 0.2) is 18.3 Å². The lowest BCUT2D eigenvalue weighted by Gasteiger charge is -2.22. The summed E-state index contributed by atoms with van der Waals surface area (Å²) >= 11 is 0. The maximum Gasteiger partial charge on any atom is 0.335 e. The fraction of sp³-hybridized carbons (Fsp3) is 0.417. The van der Waals surface area contributed by atoms with E-state index in [9.17, 15) is 9.59 Å². The summed E-state index contributed by atoms with van der Waals surface area (Å²) < 4.78 is 0. The van der Waals surface area contributed by atoms with Crippen LogP contribution in [0.3, 0.4) is 0 Å². The Morgan fingerprint density at radius 2 is 2.22 bits per heavy atom. The van der Waals surface area contributed by atoms with Crippen molar-refractivity contribution in [3.63, 3.8) is 0 Å². The summed E-state index contributed by atoms with van der Waals surface area (Å²) in [6.07, 6.45) is 2.28. The highest BCUT2D eigenvalue weighted by Crippen LogP contribution is 2.13. The van der Waals surface area contributed by atoms with E-state index in [4.69, 9.17) is 5.11 Å². The molecule has 0 fully saturated rings. The van der Waals surface area contributed by atoms with E-state index < -0.39 is 5.97 Å². The van der Waals surface area contributed by atoms with Crippen LogP contribution in [0.1, 0.15) is 23.7 Å². The number of anilines is 1. The molecule has 1 aromatic rings. The van der Waals surface area contributed by atoms with Crippen molar-refractivity contribution in [2.45, 2.75) is 13.3 Å². The zero-order valence-electron chi connectivity index (χ0n) is 10.5. The number of amides is 1. The number of hydrogen-bond donors (Lipinski definition) is 2. The molecule has 0 aromatic carbocycles. The first-order chi connectivity index (χ1) is 8.58. The number of nitrogens with zero attached hydrogens (tertiary/aromatic N) is 2. The molecule has 6 nitrogen and oxygen atoms in total. The number of nitrogens with one attached hydrogen (secondary N) is 1. The quantitative estimate of drug-likeness (QED) is 0.779. The molecule has 0 bridgehead atoms. The van der Waals surface area contributed by atoms with E-state index in [1.54, 1.807) is 11.9 Å². The smallest absolute Gasteiger partial charge is 0.335 e. The van der Waals surface area contributed by atoms with E-state index in [0.29, 0.717) is 12.4 Å². The Morgan fingerprint density at radius 3 is 2.78 bits per heavy atom. The maximum absolute atomic E-state index is 11.4. The van der Waals surface area contributed by atoms with Gasteiger partial charge in [-0.25, -0.2) is 9.78 Å². The summed E-state index contributed by atoms with van der Waals surface area (Å²) in [5, 5.41) is 11.5. The molecule has 0 unspecified atom stereocenters. The molecule has 98 valence electrons. The van der Waals surface area contributed by atoms with Crippen molar-refractivity contribution in [2.75, 3.05) is 25.0 Å². The minimum absolute atomic E-state index is 0.133. The molecule has 0 aliphatic heterocycles. The number of pyridine rings is 1. The molecule has 1 heterocycles. The second-order valence-corrected chi connectivity index (χ2v) is 3.80. The van der Waals surface area contributed by atoms with Gasteiger partial charge in [0.1, 0.15) is 5.82 Å². The predicted octanol–water partition coefficient (Wildman–Crippen LogP) is 0.742. The van der Waals surface area contributed by atoms with Gasteiger partial charge in [0.05, 0.1) is 12.1 Å². The lowest BCUT2D eigenvalue weighted by atomic mass is 10.2. The molecule has 1 aromatic heterocycles. The molecule has 2 N–H and O–H groups in total. The molecule has 6 heteroatoms. The number of carboxylic acid groups (broad SMARTS) is 1. The average Bonchev–Trinajstić information content (AvgIpc) is 2.38. The van der Waals surface area contributed by atoms with E-state index in [1.165, 1.54) is 18.3 Å². The second kappa shape index (κ2) is 6.58. The van der Waals surface area contributed by atoms with Crippen LogP contribution >= 0.6 is 0 Å². The Balaban J connectivity index is 2.94. The van der Waals surface area contributed by atoms with Crippen LogP contribution < -0.4 is 10.2 Å². The molecule has 1 rings (SSSR count). The minimum Gasteiger partial charge on any atom is -0.478 e. The van der Waals surface area contributed by atoms with Crippen molar-refractivity contribution < 1.29 is 14.7 Å². The monoisotopic (exact) mass is 251 g/mol. The molecule has 0 aliphatic rings. The van der Waals surface area contributed by atoms with Crippen LogP contribution in [0.2, 0.25) is 0 Å². The number of hydrogen-bond acceptors (Lipinski definition) is 4. The molecule has 0 saturated carbocycles. The Hall–Kier alpha value is -2.11. The van der Waals surface area contributed by atoms with E-state index in [2.05, 4.69) is 10.3 Å². The number of aromatic nitrogens is 1. The lowest BCUT2D eigenvalue weighted by Crippen LogP contribution is -2.36. The summed E-state index contributed by atoms with van der Waals surface area (Å²) in [6, 6.07) is 2.90. The van der Waals surface area contributed by atoms with Gasteiger partial charge in [-0.2, -0.15) is 0 Å². The Labute approximate surface area is 106 Å². The zero-order valence-corrected chi connectivity index (χ0v) is 10.5.